The Bertz CT molecular complexity index is 697. The molecule has 1 aliphatic heterocycles. The largest absolute Gasteiger partial charge is 0.481 e. The minimum absolute atomic E-state index is 0.0000647. The van der Waals surface area contributed by atoms with Crippen LogP contribution in [0.2, 0.25) is 0 Å². The molecule has 1 aromatic carbocycles. The lowest BCUT2D eigenvalue weighted by Gasteiger charge is -2.31. The van der Waals surface area contributed by atoms with Crippen molar-refractivity contribution in [2.45, 2.75) is 75.8 Å². The molecule has 2 fully saturated rings. The van der Waals surface area contributed by atoms with Crippen LogP contribution in [-0.2, 0) is 20.7 Å². The Morgan fingerprint density at radius 3 is 2.45 bits per heavy atom. The van der Waals surface area contributed by atoms with E-state index in [1.165, 1.54) is 5.56 Å². The molecule has 0 spiro atoms. The number of allylic oxidation sites excluding steroid dienone is 2. The van der Waals surface area contributed by atoms with Gasteiger partial charge >= 0.3 is 5.97 Å². The summed E-state index contributed by atoms with van der Waals surface area (Å²) >= 11 is 0. The maximum Gasteiger partial charge on any atom is 0.303 e. The minimum Gasteiger partial charge on any atom is -0.481 e. The van der Waals surface area contributed by atoms with Gasteiger partial charge in [0.2, 0.25) is 0 Å². The second-order valence-electron chi connectivity index (χ2n) is 8.82. The number of aliphatic hydroxyl groups is 2. The van der Waals surface area contributed by atoms with Gasteiger partial charge in [-0.25, -0.2) is 0 Å². The number of carboxylic acids is 1. The third-order valence-electron chi connectivity index (χ3n) is 6.67. The van der Waals surface area contributed by atoms with Crippen LogP contribution in [0.15, 0.2) is 42.5 Å². The summed E-state index contributed by atoms with van der Waals surface area (Å²) in [4.78, 5) is 10.6. The fourth-order valence-electron chi connectivity index (χ4n) is 4.93. The fourth-order valence-corrected chi connectivity index (χ4v) is 4.93. The second kappa shape index (κ2) is 11.8. The Morgan fingerprint density at radius 2 is 1.74 bits per heavy atom. The molecule has 172 valence electrons. The first-order chi connectivity index (χ1) is 15.0. The van der Waals surface area contributed by atoms with Gasteiger partial charge in [-0.3, -0.25) is 4.79 Å². The Morgan fingerprint density at radius 1 is 1.03 bits per heavy atom. The van der Waals surface area contributed by atoms with Crippen LogP contribution in [0.25, 0.3) is 0 Å². The zero-order valence-corrected chi connectivity index (χ0v) is 18.2. The molecule has 0 bridgehead atoms. The first-order valence-electron chi connectivity index (χ1n) is 11.5. The van der Waals surface area contributed by atoms with Crippen molar-refractivity contribution < 1.29 is 29.6 Å². The van der Waals surface area contributed by atoms with Crippen molar-refractivity contribution in [3.8, 4) is 0 Å². The lowest BCUT2D eigenvalue weighted by molar-refractivity contribution is -0.170. The van der Waals surface area contributed by atoms with Gasteiger partial charge in [-0.05, 0) is 55.9 Å². The summed E-state index contributed by atoms with van der Waals surface area (Å²) in [5.74, 6) is -1.39. The van der Waals surface area contributed by atoms with Crippen LogP contribution in [0.5, 0.6) is 0 Å². The third kappa shape index (κ3) is 7.14. The molecule has 0 amide bonds. The monoisotopic (exact) mass is 432 g/mol. The molecule has 31 heavy (non-hydrogen) atoms. The van der Waals surface area contributed by atoms with Gasteiger partial charge in [0, 0.05) is 19.3 Å². The Kier molecular flexibility index (Phi) is 9.08. The standard InChI is InChI=1S/C25H36O6/c26-22-18-23(27)21(20(22)10-6-1-2-7-11-24(28)29)13-15-25(30-16-17-31-25)14-12-19-8-4-3-5-9-19/h1,3-6,8-9,20-23,26-27H,2,7,10-18H2,(H,28,29)/b6-1-/t20-,21-,22+,23-/m1/s1. The van der Waals surface area contributed by atoms with E-state index in [2.05, 4.69) is 12.1 Å². The summed E-state index contributed by atoms with van der Waals surface area (Å²) in [5, 5.41) is 29.8. The van der Waals surface area contributed by atoms with Crippen LogP contribution < -0.4 is 0 Å². The van der Waals surface area contributed by atoms with Gasteiger partial charge < -0.3 is 24.8 Å². The number of rotatable bonds is 12. The van der Waals surface area contributed by atoms with E-state index in [0.29, 0.717) is 45.3 Å². The number of ether oxygens (including phenoxy) is 2. The predicted molar refractivity (Wildman–Crippen MR) is 117 cm³/mol. The van der Waals surface area contributed by atoms with Crippen molar-refractivity contribution in [1.29, 1.82) is 0 Å². The van der Waals surface area contributed by atoms with Crippen LogP contribution in [0.4, 0.5) is 0 Å². The summed E-state index contributed by atoms with van der Waals surface area (Å²) in [6.45, 7) is 1.18. The van der Waals surface area contributed by atoms with Gasteiger partial charge in [-0.2, -0.15) is 0 Å². The van der Waals surface area contributed by atoms with Gasteiger partial charge in [0.1, 0.15) is 0 Å². The van der Waals surface area contributed by atoms with Gasteiger partial charge in [-0.15, -0.1) is 0 Å². The Balaban J connectivity index is 1.52. The van der Waals surface area contributed by atoms with E-state index in [4.69, 9.17) is 14.6 Å². The molecular formula is C25H36O6. The summed E-state index contributed by atoms with van der Waals surface area (Å²) in [6.07, 6.45) is 8.65. The Hall–Kier alpha value is -1.73. The molecule has 4 atom stereocenters. The molecule has 0 unspecified atom stereocenters. The van der Waals surface area contributed by atoms with E-state index in [1.54, 1.807) is 0 Å². The van der Waals surface area contributed by atoms with Crippen molar-refractivity contribution in [1.82, 2.24) is 0 Å². The molecule has 1 heterocycles. The average molecular weight is 433 g/mol. The van der Waals surface area contributed by atoms with Gasteiger partial charge in [0.15, 0.2) is 5.79 Å². The maximum absolute atomic E-state index is 10.6. The van der Waals surface area contributed by atoms with Crippen molar-refractivity contribution >= 4 is 5.97 Å². The highest BCUT2D eigenvalue weighted by Gasteiger charge is 2.43. The van der Waals surface area contributed by atoms with E-state index in [-0.39, 0.29) is 18.3 Å². The van der Waals surface area contributed by atoms with E-state index in [9.17, 15) is 15.0 Å². The van der Waals surface area contributed by atoms with Crippen molar-refractivity contribution in [3.63, 3.8) is 0 Å². The number of aliphatic carboxylic acids is 1. The second-order valence-corrected chi connectivity index (χ2v) is 8.82. The molecule has 2 aliphatic rings. The number of aryl methyl sites for hydroxylation is 1. The predicted octanol–water partition coefficient (Wildman–Crippen LogP) is 3.70. The summed E-state index contributed by atoms with van der Waals surface area (Å²) in [6, 6.07) is 10.3. The maximum atomic E-state index is 10.6. The molecule has 6 heteroatoms. The van der Waals surface area contributed by atoms with E-state index in [1.807, 2.05) is 30.4 Å². The average Bonchev–Trinajstić information content (AvgIpc) is 3.32. The lowest BCUT2D eigenvalue weighted by Crippen LogP contribution is -2.33. The zero-order valence-electron chi connectivity index (χ0n) is 18.2. The highest BCUT2D eigenvalue weighted by Crippen LogP contribution is 2.41. The number of unbranched alkanes of at least 4 members (excludes halogenated alkanes) is 1. The van der Waals surface area contributed by atoms with E-state index >= 15 is 0 Å². The SMILES string of the molecule is O=C(O)CCC/C=C\C[C@@H]1[C@@H](CCC2(CCc3ccccc3)OCCO2)[C@H](O)C[C@@H]1O. The normalized spacial score (nSPS) is 27.8. The Labute approximate surface area is 184 Å². The van der Waals surface area contributed by atoms with E-state index in [0.717, 1.165) is 19.3 Å². The highest BCUT2D eigenvalue weighted by molar-refractivity contribution is 5.66. The topological polar surface area (TPSA) is 96.2 Å². The number of carbonyl (C=O) groups is 1. The van der Waals surface area contributed by atoms with Crippen LogP contribution in [0.3, 0.4) is 0 Å². The number of benzene rings is 1. The molecular weight excluding hydrogens is 396 g/mol. The van der Waals surface area contributed by atoms with Crippen LogP contribution in [-0.4, -0.2) is 52.5 Å². The molecule has 3 rings (SSSR count). The molecule has 1 saturated carbocycles. The summed E-state index contributed by atoms with van der Waals surface area (Å²) in [7, 11) is 0. The summed E-state index contributed by atoms with van der Waals surface area (Å²) in [5.41, 5.74) is 1.25. The molecule has 1 saturated heterocycles. The molecule has 3 N–H and O–H groups in total. The first-order valence-corrected chi connectivity index (χ1v) is 11.5. The number of aliphatic hydroxyl groups excluding tert-OH is 2. The lowest BCUT2D eigenvalue weighted by atomic mass is 9.85. The number of hydrogen-bond acceptors (Lipinski definition) is 5. The summed E-state index contributed by atoms with van der Waals surface area (Å²) < 4.78 is 12.1. The quantitative estimate of drug-likeness (QED) is 0.344. The zero-order chi connectivity index (χ0) is 22.1. The number of hydrogen-bond donors (Lipinski definition) is 3. The third-order valence-corrected chi connectivity index (χ3v) is 6.67. The fraction of sp³-hybridized carbons (Fsp3) is 0.640. The van der Waals surface area contributed by atoms with Gasteiger partial charge in [0.05, 0.1) is 25.4 Å². The number of carboxylic acid groups (broad SMARTS) is 1. The van der Waals surface area contributed by atoms with Crippen molar-refractivity contribution in [2.75, 3.05) is 13.2 Å². The van der Waals surface area contributed by atoms with Gasteiger partial charge in [0.25, 0.3) is 0 Å². The van der Waals surface area contributed by atoms with Crippen molar-refractivity contribution in [2.24, 2.45) is 11.8 Å². The highest BCUT2D eigenvalue weighted by atomic mass is 16.7. The molecule has 1 aromatic rings. The smallest absolute Gasteiger partial charge is 0.303 e. The molecule has 0 aromatic heterocycles. The molecule has 6 nitrogen and oxygen atoms in total. The van der Waals surface area contributed by atoms with Crippen LogP contribution >= 0.6 is 0 Å². The molecule has 1 aliphatic carbocycles. The molecule has 0 radical (unpaired) electrons. The van der Waals surface area contributed by atoms with Gasteiger partial charge in [-0.1, -0.05) is 42.5 Å². The first kappa shape index (κ1) is 23.9. The van der Waals surface area contributed by atoms with Crippen molar-refractivity contribution in [3.05, 3.63) is 48.0 Å². The van der Waals surface area contributed by atoms with Crippen LogP contribution in [0, 0.1) is 11.8 Å². The van der Waals surface area contributed by atoms with Crippen LogP contribution in [0.1, 0.15) is 56.9 Å². The minimum atomic E-state index is -0.777. The van der Waals surface area contributed by atoms with E-state index < -0.39 is 24.0 Å².